The molecule has 166 valence electrons. The predicted octanol–water partition coefficient (Wildman–Crippen LogP) is 4.99. The first-order valence-corrected chi connectivity index (χ1v) is 12.2. The minimum atomic E-state index is -3.83. The first kappa shape index (κ1) is 24.3. The highest BCUT2D eigenvalue weighted by molar-refractivity contribution is 7.91. The van der Waals surface area contributed by atoms with Crippen molar-refractivity contribution in [2.75, 3.05) is 12.4 Å². The molecule has 0 aliphatic rings. The Morgan fingerprint density at radius 3 is 2.29 bits per heavy atom. The van der Waals surface area contributed by atoms with Crippen LogP contribution in [-0.4, -0.2) is 30.1 Å². The molecule has 2 heterocycles. The zero-order chi connectivity index (χ0) is 23.0. The second-order valence-electron chi connectivity index (χ2n) is 5.67. The SMILES string of the molecule is CC.CC.CNc1cccc(Oc2ccc(-c3cn4nc(S(N)(=O)=O)sc4n3)cc2)c1. The number of sulfonamides is 1. The van der Waals surface area contributed by atoms with Gasteiger partial charge in [0.05, 0.1) is 11.9 Å². The molecule has 0 atom stereocenters. The van der Waals surface area contributed by atoms with Crippen molar-refractivity contribution < 1.29 is 13.2 Å². The summed E-state index contributed by atoms with van der Waals surface area (Å²) in [6, 6.07) is 15.1. The van der Waals surface area contributed by atoms with Gasteiger partial charge >= 0.3 is 0 Å². The van der Waals surface area contributed by atoms with Crippen LogP contribution in [0.3, 0.4) is 0 Å². The van der Waals surface area contributed by atoms with Gasteiger partial charge in [-0.1, -0.05) is 45.1 Å². The zero-order valence-electron chi connectivity index (χ0n) is 18.2. The molecule has 2 aromatic heterocycles. The Balaban J connectivity index is 0.000000807. The lowest BCUT2D eigenvalue weighted by Crippen LogP contribution is -2.12. The third-order valence-corrected chi connectivity index (χ3v) is 6.01. The van der Waals surface area contributed by atoms with Crippen LogP contribution >= 0.6 is 11.3 Å². The minimum absolute atomic E-state index is 0.163. The van der Waals surface area contributed by atoms with E-state index in [1.807, 2.05) is 83.3 Å². The number of fused-ring (bicyclic) bond motifs is 1. The molecule has 0 saturated heterocycles. The molecule has 0 bridgehead atoms. The lowest BCUT2D eigenvalue weighted by molar-refractivity contribution is 0.483. The molecule has 0 fully saturated rings. The third kappa shape index (κ3) is 6.03. The average molecular weight is 462 g/mol. The van der Waals surface area contributed by atoms with E-state index in [1.54, 1.807) is 6.20 Å². The van der Waals surface area contributed by atoms with E-state index in [-0.39, 0.29) is 4.34 Å². The van der Waals surface area contributed by atoms with E-state index in [0.29, 0.717) is 16.4 Å². The van der Waals surface area contributed by atoms with Gasteiger partial charge in [-0.15, -0.1) is 5.10 Å². The van der Waals surface area contributed by atoms with Crippen molar-refractivity contribution in [2.45, 2.75) is 32.0 Å². The fraction of sp³-hybridized carbons (Fsp3) is 0.238. The van der Waals surface area contributed by atoms with Gasteiger partial charge in [0.2, 0.25) is 9.30 Å². The maximum absolute atomic E-state index is 11.3. The molecule has 10 heteroatoms. The van der Waals surface area contributed by atoms with Crippen LogP contribution in [0.15, 0.2) is 59.1 Å². The molecule has 0 saturated carbocycles. The van der Waals surface area contributed by atoms with Crippen molar-refractivity contribution in [3.05, 3.63) is 54.7 Å². The van der Waals surface area contributed by atoms with Crippen LogP contribution in [-0.2, 0) is 10.0 Å². The summed E-state index contributed by atoms with van der Waals surface area (Å²) in [4.78, 5) is 4.86. The van der Waals surface area contributed by atoms with Crippen LogP contribution in [0.2, 0.25) is 0 Å². The van der Waals surface area contributed by atoms with Crippen molar-refractivity contribution in [3.63, 3.8) is 0 Å². The van der Waals surface area contributed by atoms with Gasteiger partial charge in [0.1, 0.15) is 11.5 Å². The van der Waals surface area contributed by atoms with Crippen LogP contribution in [0.25, 0.3) is 16.2 Å². The number of benzene rings is 2. The Morgan fingerprint density at radius 2 is 1.71 bits per heavy atom. The van der Waals surface area contributed by atoms with E-state index in [0.717, 1.165) is 28.3 Å². The molecule has 8 nitrogen and oxygen atoms in total. The second-order valence-corrected chi connectivity index (χ2v) is 8.36. The van der Waals surface area contributed by atoms with Crippen molar-refractivity contribution in [1.29, 1.82) is 0 Å². The second kappa shape index (κ2) is 10.9. The maximum atomic E-state index is 11.3. The Kier molecular flexibility index (Phi) is 8.55. The predicted molar refractivity (Wildman–Crippen MR) is 126 cm³/mol. The summed E-state index contributed by atoms with van der Waals surface area (Å²) in [7, 11) is -1.98. The lowest BCUT2D eigenvalue weighted by atomic mass is 10.1. The highest BCUT2D eigenvalue weighted by atomic mass is 32.2. The van der Waals surface area contributed by atoms with Crippen molar-refractivity contribution in [3.8, 4) is 22.8 Å². The number of ether oxygens (including phenoxy) is 1. The van der Waals surface area contributed by atoms with E-state index in [4.69, 9.17) is 9.88 Å². The average Bonchev–Trinajstić information content (AvgIpc) is 3.37. The summed E-state index contributed by atoms with van der Waals surface area (Å²) in [6.07, 6.45) is 1.66. The minimum Gasteiger partial charge on any atom is -0.457 e. The van der Waals surface area contributed by atoms with Gasteiger partial charge < -0.3 is 10.1 Å². The number of rotatable bonds is 5. The number of imidazole rings is 1. The van der Waals surface area contributed by atoms with Crippen LogP contribution in [0.4, 0.5) is 5.69 Å². The Labute approximate surface area is 186 Å². The monoisotopic (exact) mass is 461 g/mol. The van der Waals surface area contributed by atoms with Gasteiger partial charge in [-0.05, 0) is 36.4 Å². The van der Waals surface area contributed by atoms with Crippen LogP contribution in [0.5, 0.6) is 11.5 Å². The molecule has 31 heavy (non-hydrogen) atoms. The number of hydrogen-bond acceptors (Lipinski definition) is 7. The van der Waals surface area contributed by atoms with Crippen LogP contribution in [0.1, 0.15) is 27.7 Å². The quantitative estimate of drug-likeness (QED) is 0.433. The summed E-state index contributed by atoms with van der Waals surface area (Å²) < 4.78 is 29.8. The van der Waals surface area contributed by atoms with Crippen LogP contribution < -0.4 is 15.2 Å². The number of nitrogens with two attached hydrogens (primary N) is 1. The number of aromatic nitrogens is 3. The highest BCUT2D eigenvalue weighted by Gasteiger charge is 2.17. The number of primary sulfonamides is 1. The molecular formula is C21H27N5O3S2. The first-order valence-electron chi connectivity index (χ1n) is 9.87. The summed E-state index contributed by atoms with van der Waals surface area (Å²) in [5, 5.41) is 12.1. The number of anilines is 1. The third-order valence-electron chi connectivity index (χ3n) is 3.78. The standard InChI is InChI=1S/C17H15N5O3S2.2C2H6/c1-19-12-3-2-4-14(9-12)25-13-7-5-11(6-8-13)15-10-22-16(20-15)26-17(21-22)27(18,23)24;2*1-2/h2-10,19H,1H3,(H2,18,23,24);2*1-2H3. The van der Waals surface area contributed by atoms with Gasteiger partial charge in [0.25, 0.3) is 10.0 Å². The van der Waals surface area contributed by atoms with Gasteiger partial charge in [-0.2, -0.15) is 0 Å². The van der Waals surface area contributed by atoms with Gasteiger partial charge in [-0.3, -0.25) is 0 Å². The smallest absolute Gasteiger partial charge is 0.267 e. The van der Waals surface area contributed by atoms with E-state index < -0.39 is 10.0 Å². The molecule has 2 aromatic carbocycles. The summed E-state index contributed by atoms with van der Waals surface area (Å²) in [6.45, 7) is 8.00. The molecule has 0 radical (unpaired) electrons. The zero-order valence-corrected chi connectivity index (χ0v) is 19.8. The summed E-state index contributed by atoms with van der Waals surface area (Å²) >= 11 is 0.925. The van der Waals surface area contributed by atoms with Crippen molar-refractivity contribution >= 4 is 32.0 Å². The number of hydrogen-bond donors (Lipinski definition) is 2. The molecule has 3 N–H and O–H groups in total. The molecule has 0 aliphatic heterocycles. The highest BCUT2D eigenvalue weighted by Crippen LogP contribution is 2.28. The number of nitrogens with one attached hydrogen (secondary N) is 1. The van der Waals surface area contributed by atoms with Crippen molar-refractivity contribution in [2.24, 2.45) is 5.14 Å². The molecular weight excluding hydrogens is 434 g/mol. The molecule has 4 rings (SSSR count). The Bertz CT molecular complexity index is 1180. The number of nitrogens with zero attached hydrogens (tertiary/aromatic N) is 3. The van der Waals surface area contributed by atoms with Gasteiger partial charge in [0.15, 0.2) is 0 Å². The van der Waals surface area contributed by atoms with Gasteiger partial charge in [0, 0.05) is 24.4 Å². The normalized spacial score (nSPS) is 10.5. The summed E-state index contributed by atoms with van der Waals surface area (Å²) in [5.74, 6) is 1.43. The maximum Gasteiger partial charge on any atom is 0.267 e. The van der Waals surface area contributed by atoms with E-state index in [2.05, 4.69) is 15.4 Å². The van der Waals surface area contributed by atoms with E-state index >= 15 is 0 Å². The van der Waals surface area contributed by atoms with E-state index in [1.165, 1.54) is 4.52 Å². The molecule has 0 unspecified atom stereocenters. The lowest BCUT2D eigenvalue weighted by Gasteiger charge is -2.08. The molecule has 0 amide bonds. The van der Waals surface area contributed by atoms with Gasteiger partial charge in [-0.25, -0.2) is 23.1 Å². The fourth-order valence-corrected chi connectivity index (χ4v) is 3.99. The Morgan fingerprint density at radius 1 is 1.03 bits per heavy atom. The van der Waals surface area contributed by atoms with Crippen LogP contribution in [0, 0.1) is 0 Å². The Hall–Kier alpha value is -2.95. The topological polar surface area (TPSA) is 112 Å². The summed E-state index contributed by atoms with van der Waals surface area (Å²) in [5.41, 5.74) is 2.51. The molecule has 0 spiro atoms. The van der Waals surface area contributed by atoms with Crippen molar-refractivity contribution in [1.82, 2.24) is 14.6 Å². The molecule has 0 aliphatic carbocycles. The largest absolute Gasteiger partial charge is 0.457 e. The van der Waals surface area contributed by atoms with E-state index in [9.17, 15) is 8.42 Å². The fourth-order valence-electron chi connectivity index (χ4n) is 2.48. The first-order chi connectivity index (χ1) is 14.9. The molecule has 4 aromatic rings.